The van der Waals surface area contributed by atoms with Crippen molar-refractivity contribution < 1.29 is 39.7 Å². The fraction of sp³-hybridized carbons (Fsp3) is 0.520. The van der Waals surface area contributed by atoms with Crippen molar-refractivity contribution in [2.24, 2.45) is 0 Å². The second kappa shape index (κ2) is 10.8. The van der Waals surface area contributed by atoms with Gasteiger partial charge in [-0.3, -0.25) is 0 Å². The maximum absolute atomic E-state index is 10.3. The lowest BCUT2D eigenvalue weighted by Gasteiger charge is -2.39. The summed E-state index contributed by atoms with van der Waals surface area (Å²) in [6.07, 6.45) is -2.33. The summed E-state index contributed by atoms with van der Waals surface area (Å²) in [4.78, 5) is 0. The monoisotopic (exact) mass is 460 g/mol. The second-order valence-corrected chi connectivity index (χ2v) is 8.81. The summed E-state index contributed by atoms with van der Waals surface area (Å²) < 4.78 is 17.4. The normalized spacial score (nSPS) is 30.7. The largest absolute Gasteiger partial charge is 0.462 e. The molecule has 3 aliphatic heterocycles. The first-order chi connectivity index (χ1) is 15.9. The van der Waals surface area contributed by atoms with E-state index < -0.39 is 37.3 Å². The van der Waals surface area contributed by atoms with E-state index in [2.05, 4.69) is 0 Å². The van der Waals surface area contributed by atoms with Crippen LogP contribution in [0, 0.1) is 0 Å². The van der Waals surface area contributed by atoms with Crippen LogP contribution in [0.5, 0.6) is 17.2 Å². The van der Waals surface area contributed by atoms with E-state index in [1.54, 1.807) is 6.07 Å². The Morgan fingerprint density at radius 3 is 2.33 bits per heavy atom. The Labute approximate surface area is 193 Å². The number of ether oxygens (including phenoxy) is 3. The molecule has 0 aliphatic carbocycles. The molecule has 33 heavy (non-hydrogen) atoms. The van der Waals surface area contributed by atoms with E-state index in [9.17, 15) is 25.5 Å². The lowest BCUT2D eigenvalue weighted by atomic mass is 9.99. The summed E-state index contributed by atoms with van der Waals surface area (Å²) >= 11 is 0. The highest BCUT2D eigenvalue weighted by atomic mass is 16.7. The molecule has 0 radical (unpaired) electrons. The van der Waals surface area contributed by atoms with E-state index in [4.69, 9.17) is 14.2 Å². The maximum atomic E-state index is 10.3. The fourth-order valence-electron chi connectivity index (χ4n) is 4.25. The highest BCUT2D eigenvalue weighted by molar-refractivity contribution is 5.41. The van der Waals surface area contributed by atoms with Gasteiger partial charge in [-0.15, -0.1) is 0 Å². The van der Waals surface area contributed by atoms with Gasteiger partial charge in [-0.1, -0.05) is 18.6 Å². The summed E-state index contributed by atoms with van der Waals surface area (Å²) in [6, 6.07) is 13.1. The summed E-state index contributed by atoms with van der Waals surface area (Å²) in [5.41, 5.74) is 2.09. The van der Waals surface area contributed by atoms with Gasteiger partial charge in [0.05, 0.1) is 12.7 Å². The molecule has 1 fully saturated rings. The number of fused-ring (bicyclic) bond motifs is 8. The van der Waals surface area contributed by atoms with Crippen molar-refractivity contribution >= 4 is 0 Å². The number of aliphatic hydroxyl groups is 5. The molecule has 0 amide bonds. The highest BCUT2D eigenvalue weighted by Crippen LogP contribution is 2.31. The van der Waals surface area contributed by atoms with E-state index in [0.29, 0.717) is 17.2 Å². The van der Waals surface area contributed by atoms with E-state index in [0.717, 1.165) is 49.7 Å². The van der Waals surface area contributed by atoms with Gasteiger partial charge in [-0.25, -0.2) is 0 Å². The van der Waals surface area contributed by atoms with Crippen LogP contribution in [0.3, 0.4) is 0 Å². The Kier molecular flexibility index (Phi) is 7.85. The minimum absolute atomic E-state index is 0.331. The minimum atomic E-state index is -1.51. The van der Waals surface area contributed by atoms with Crippen LogP contribution in [0.15, 0.2) is 42.5 Å². The number of hydrogen-bond acceptors (Lipinski definition) is 8. The van der Waals surface area contributed by atoms with Crippen molar-refractivity contribution in [3.63, 3.8) is 0 Å². The van der Waals surface area contributed by atoms with Gasteiger partial charge in [0.2, 0.25) is 6.29 Å². The molecular formula is C25H32O8. The molecule has 0 unspecified atom stereocenters. The van der Waals surface area contributed by atoms with E-state index in [-0.39, 0.29) is 6.10 Å². The molecule has 8 nitrogen and oxygen atoms in total. The molecule has 3 aliphatic rings. The predicted molar refractivity (Wildman–Crippen MR) is 119 cm³/mol. The topological polar surface area (TPSA) is 129 Å². The van der Waals surface area contributed by atoms with Gasteiger partial charge >= 0.3 is 0 Å². The van der Waals surface area contributed by atoms with Crippen LogP contribution in [-0.4, -0.2) is 68.9 Å². The maximum Gasteiger partial charge on any atom is 0.229 e. The fourth-order valence-corrected chi connectivity index (χ4v) is 4.25. The Hall–Kier alpha value is -2.20. The van der Waals surface area contributed by atoms with Gasteiger partial charge in [-0.2, -0.15) is 0 Å². The third-order valence-electron chi connectivity index (χ3n) is 6.22. The smallest absolute Gasteiger partial charge is 0.229 e. The Morgan fingerprint density at radius 2 is 1.58 bits per heavy atom. The summed E-state index contributed by atoms with van der Waals surface area (Å²) in [6.45, 7) is -0.527. The van der Waals surface area contributed by atoms with Gasteiger partial charge in [-0.05, 0) is 67.5 Å². The van der Waals surface area contributed by atoms with Gasteiger partial charge in [0, 0.05) is 6.07 Å². The van der Waals surface area contributed by atoms with Crippen molar-refractivity contribution in [1.82, 2.24) is 0 Å². The van der Waals surface area contributed by atoms with Crippen molar-refractivity contribution in [3.05, 3.63) is 53.6 Å². The van der Waals surface area contributed by atoms with Crippen molar-refractivity contribution in [3.8, 4) is 17.2 Å². The zero-order valence-corrected chi connectivity index (χ0v) is 18.4. The van der Waals surface area contributed by atoms with Crippen LogP contribution in [0.1, 0.15) is 36.8 Å². The molecule has 3 heterocycles. The van der Waals surface area contributed by atoms with Crippen molar-refractivity contribution in [1.29, 1.82) is 0 Å². The molecule has 5 N–H and O–H groups in total. The molecule has 180 valence electrons. The van der Waals surface area contributed by atoms with Crippen molar-refractivity contribution in [2.75, 3.05) is 6.61 Å². The third-order valence-corrected chi connectivity index (χ3v) is 6.22. The van der Waals surface area contributed by atoms with Crippen LogP contribution in [0.25, 0.3) is 0 Å². The first-order valence-corrected chi connectivity index (χ1v) is 11.5. The number of aryl methyl sites for hydroxylation is 2. The quantitative estimate of drug-likeness (QED) is 0.468. The summed E-state index contributed by atoms with van der Waals surface area (Å²) in [5.74, 6) is 1.58. The standard InChI is InChI=1S/C25H32O8/c26-14-21-22(28)23(29)24(30)25(33-21)32-20-12-16-3-1-2-4-17(27)8-5-15-6-9-18(10-7-15)31-19(11-16)13-20/h6-7,9-13,17,21-30H,1-5,8,14H2/t17-,21+,22+,23-,24+,25+/m0/s1. The molecule has 2 aromatic carbocycles. The van der Waals surface area contributed by atoms with Crippen molar-refractivity contribution in [2.45, 2.75) is 75.3 Å². The molecule has 8 heteroatoms. The van der Waals surface area contributed by atoms with E-state index in [1.807, 2.05) is 36.4 Å². The van der Waals surface area contributed by atoms with Gasteiger partial charge in [0.15, 0.2) is 0 Å². The zero-order chi connectivity index (χ0) is 23.4. The number of aliphatic hydroxyl groups excluding tert-OH is 5. The molecule has 1 saturated heterocycles. The molecular weight excluding hydrogens is 428 g/mol. The number of benzene rings is 2. The Balaban J connectivity index is 1.57. The minimum Gasteiger partial charge on any atom is -0.462 e. The summed E-state index contributed by atoms with van der Waals surface area (Å²) in [5, 5.41) is 50.0. The number of hydrogen-bond donors (Lipinski definition) is 5. The van der Waals surface area contributed by atoms with Crippen LogP contribution >= 0.6 is 0 Å². The molecule has 4 bridgehead atoms. The Bertz CT molecular complexity index is 900. The first-order valence-electron chi connectivity index (χ1n) is 11.5. The predicted octanol–water partition coefficient (Wildman–Crippen LogP) is 1.68. The molecule has 0 saturated carbocycles. The lowest BCUT2D eigenvalue weighted by Crippen LogP contribution is -2.60. The average Bonchev–Trinajstić information content (AvgIpc) is 2.82. The average molecular weight is 461 g/mol. The van der Waals surface area contributed by atoms with E-state index in [1.165, 1.54) is 0 Å². The van der Waals surface area contributed by atoms with Crippen LogP contribution in [0.4, 0.5) is 0 Å². The highest BCUT2D eigenvalue weighted by Gasteiger charge is 2.44. The van der Waals surface area contributed by atoms with Gasteiger partial charge < -0.3 is 39.7 Å². The summed E-state index contributed by atoms with van der Waals surface area (Å²) in [7, 11) is 0. The molecule has 5 rings (SSSR count). The molecule has 0 spiro atoms. The molecule has 0 aromatic heterocycles. The zero-order valence-electron chi connectivity index (χ0n) is 18.4. The molecule has 6 atom stereocenters. The van der Waals surface area contributed by atoms with Gasteiger partial charge in [0.25, 0.3) is 0 Å². The van der Waals surface area contributed by atoms with Crippen LogP contribution in [-0.2, 0) is 17.6 Å². The van der Waals surface area contributed by atoms with E-state index >= 15 is 0 Å². The number of rotatable bonds is 3. The second-order valence-electron chi connectivity index (χ2n) is 8.81. The van der Waals surface area contributed by atoms with Crippen LogP contribution in [0.2, 0.25) is 0 Å². The molecule has 2 aromatic rings. The Morgan fingerprint density at radius 1 is 0.788 bits per heavy atom. The lowest BCUT2D eigenvalue weighted by molar-refractivity contribution is -0.277. The third kappa shape index (κ3) is 6.03. The van der Waals surface area contributed by atoms with Crippen LogP contribution < -0.4 is 9.47 Å². The van der Waals surface area contributed by atoms with Gasteiger partial charge in [0.1, 0.15) is 41.7 Å². The first kappa shape index (κ1) is 23.9. The SMILES string of the molecule is OC[C@H]1O[C@@H](Oc2cc3cc(c2)Oc2ccc(cc2)CC[C@@H](O)CCCC3)[C@H](O)[C@@H](O)[C@@H]1O.